The molecule has 0 atom stereocenters. The van der Waals surface area contributed by atoms with E-state index in [-0.39, 0.29) is 0 Å². The SMILES string of the molecule is COc1cc2c(cc1OC)-c1cc(OC)c(OC)cc1C2=Cc1ccc(C(F)(F)F)cc1. The van der Waals surface area contributed by atoms with Crippen LogP contribution in [0, 0.1) is 0 Å². The van der Waals surface area contributed by atoms with E-state index < -0.39 is 11.7 Å². The molecular weight excluding hydrogens is 421 g/mol. The minimum absolute atomic E-state index is 0.552. The Hall–Kier alpha value is -3.61. The van der Waals surface area contributed by atoms with Gasteiger partial charge in [0.2, 0.25) is 0 Å². The molecule has 0 spiro atoms. The zero-order valence-electron chi connectivity index (χ0n) is 18.0. The molecule has 0 heterocycles. The van der Waals surface area contributed by atoms with E-state index in [9.17, 15) is 13.2 Å². The van der Waals surface area contributed by atoms with Crippen molar-refractivity contribution in [1.29, 1.82) is 0 Å². The lowest BCUT2D eigenvalue weighted by molar-refractivity contribution is -0.137. The first kappa shape index (κ1) is 21.6. The maximum atomic E-state index is 13.0. The Morgan fingerprint density at radius 1 is 0.594 bits per heavy atom. The summed E-state index contributed by atoms with van der Waals surface area (Å²) in [5, 5.41) is 0. The highest BCUT2D eigenvalue weighted by molar-refractivity contribution is 6.08. The van der Waals surface area contributed by atoms with E-state index in [2.05, 4.69) is 0 Å². The number of ether oxygens (including phenoxy) is 4. The molecule has 0 saturated carbocycles. The van der Waals surface area contributed by atoms with Crippen molar-refractivity contribution >= 4 is 11.6 Å². The number of benzene rings is 3. The van der Waals surface area contributed by atoms with Gasteiger partial charge in [0.15, 0.2) is 23.0 Å². The fraction of sp³-hybridized carbons (Fsp3) is 0.200. The lowest BCUT2D eigenvalue weighted by atomic mass is 10.00. The summed E-state index contributed by atoms with van der Waals surface area (Å²) in [7, 11) is 6.23. The van der Waals surface area contributed by atoms with Gasteiger partial charge in [0, 0.05) is 0 Å². The summed E-state index contributed by atoms with van der Waals surface area (Å²) >= 11 is 0. The zero-order valence-corrected chi connectivity index (χ0v) is 18.0. The molecule has 4 nitrogen and oxygen atoms in total. The third-order valence-corrected chi connectivity index (χ3v) is 5.47. The van der Waals surface area contributed by atoms with Gasteiger partial charge in [-0.05, 0) is 75.9 Å². The van der Waals surface area contributed by atoms with E-state index in [4.69, 9.17) is 18.9 Å². The molecule has 0 radical (unpaired) electrons. The Balaban J connectivity index is 1.94. The van der Waals surface area contributed by atoms with Crippen LogP contribution >= 0.6 is 0 Å². The molecule has 166 valence electrons. The maximum Gasteiger partial charge on any atom is 0.416 e. The van der Waals surface area contributed by atoms with Crippen LogP contribution in [0.3, 0.4) is 0 Å². The predicted octanol–water partition coefficient (Wildman–Crippen LogP) is 6.31. The summed E-state index contributed by atoms with van der Waals surface area (Å²) < 4.78 is 60.8. The van der Waals surface area contributed by atoms with E-state index in [0.717, 1.165) is 40.0 Å². The Morgan fingerprint density at radius 2 is 0.969 bits per heavy atom. The Kier molecular flexibility index (Phi) is 5.50. The first-order valence-electron chi connectivity index (χ1n) is 9.72. The molecule has 0 unspecified atom stereocenters. The molecule has 0 N–H and O–H groups in total. The lowest BCUT2D eigenvalue weighted by Crippen LogP contribution is -2.04. The summed E-state index contributed by atoms with van der Waals surface area (Å²) in [6.07, 6.45) is -2.53. The molecule has 1 aliphatic carbocycles. The van der Waals surface area contributed by atoms with Gasteiger partial charge in [-0.25, -0.2) is 0 Å². The van der Waals surface area contributed by atoms with Crippen LogP contribution in [0.5, 0.6) is 23.0 Å². The van der Waals surface area contributed by atoms with Crippen LogP contribution in [-0.2, 0) is 6.18 Å². The minimum atomic E-state index is -4.38. The molecule has 0 fully saturated rings. The first-order valence-corrected chi connectivity index (χ1v) is 9.72. The molecule has 0 aromatic heterocycles. The highest BCUT2D eigenvalue weighted by atomic mass is 19.4. The molecular formula is C25H21F3O4. The third kappa shape index (κ3) is 3.64. The van der Waals surface area contributed by atoms with E-state index in [0.29, 0.717) is 28.6 Å². The quantitative estimate of drug-likeness (QED) is 0.363. The standard InChI is InChI=1S/C25H21F3O4/c1-29-21-10-17-16(9-14-5-7-15(8-6-14)25(26,27)28)18-11-22(30-2)24(32-4)13-20(18)19(17)12-23(21)31-3/h5-13H,1-4H3. The second-order valence-corrected chi connectivity index (χ2v) is 7.18. The van der Waals surface area contributed by atoms with Gasteiger partial charge in [0.25, 0.3) is 0 Å². The van der Waals surface area contributed by atoms with Gasteiger partial charge in [-0.15, -0.1) is 0 Å². The van der Waals surface area contributed by atoms with Gasteiger partial charge in [0.05, 0.1) is 34.0 Å². The van der Waals surface area contributed by atoms with E-state index >= 15 is 0 Å². The highest BCUT2D eigenvalue weighted by Crippen LogP contribution is 2.51. The fourth-order valence-electron chi connectivity index (χ4n) is 3.88. The molecule has 1 aliphatic rings. The van der Waals surface area contributed by atoms with Crippen molar-refractivity contribution in [3.63, 3.8) is 0 Å². The second-order valence-electron chi connectivity index (χ2n) is 7.18. The normalized spacial score (nSPS) is 12.2. The van der Waals surface area contributed by atoms with Gasteiger partial charge in [0.1, 0.15) is 0 Å². The summed E-state index contributed by atoms with van der Waals surface area (Å²) in [6, 6.07) is 12.5. The van der Waals surface area contributed by atoms with Crippen LogP contribution in [0.1, 0.15) is 22.3 Å². The van der Waals surface area contributed by atoms with Crippen molar-refractivity contribution in [3.05, 3.63) is 70.8 Å². The number of hydrogen-bond acceptors (Lipinski definition) is 4. The van der Waals surface area contributed by atoms with Crippen molar-refractivity contribution in [2.24, 2.45) is 0 Å². The molecule has 0 bridgehead atoms. The molecule has 0 aliphatic heterocycles. The van der Waals surface area contributed by atoms with E-state index in [1.807, 2.05) is 30.3 Å². The van der Waals surface area contributed by atoms with Crippen molar-refractivity contribution < 1.29 is 32.1 Å². The number of alkyl halides is 3. The molecule has 4 rings (SSSR count). The van der Waals surface area contributed by atoms with Crippen LogP contribution in [0.15, 0.2) is 48.5 Å². The summed E-state index contributed by atoms with van der Waals surface area (Å²) in [5.41, 5.74) is 4.31. The smallest absolute Gasteiger partial charge is 0.416 e. The Labute approximate surface area is 183 Å². The fourth-order valence-corrected chi connectivity index (χ4v) is 3.88. The van der Waals surface area contributed by atoms with Crippen LogP contribution in [0.2, 0.25) is 0 Å². The molecule has 3 aromatic carbocycles. The van der Waals surface area contributed by atoms with Crippen LogP contribution in [0.4, 0.5) is 13.2 Å². The third-order valence-electron chi connectivity index (χ3n) is 5.47. The van der Waals surface area contributed by atoms with Crippen molar-refractivity contribution in [3.8, 4) is 34.1 Å². The topological polar surface area (TPSA) is 36.9 Å². The van der Waals surface area contributed by atoms with Crippen LogP contribution < -0.4 is 18.9 Å². The number of rotatable bonds is 5. The molecule has 0 amide bonds. The number of hydrogen-bond donors (Lipinski definition) is 0. The van der Waals surface area contributed by atoms with Crippen LogP contribution in [0.25, 0.3) is 22.8 Å². The average Bonchev–Trinajstić information content (AvgIpc) is 3.08. The largest absolute Gasteiger partial charge is 0.493 e. The molecule has 3 aromatic rings. The van der Waals surface area contributed by atoms with Gasteiger partial charge >= 0.3 is 6.18 Å². The van der Waals surface area contributed by atoms with Gasteiger partial charge in [-0.3, -0.25) is 0 Å². The zero-order chi connectivity index (χ0) is 23.0. The molecule has 0 saturated heterocycles. The van der Waals surface area contributed by atoms with Gasteiger partial charge in [-0.2, -0.15) is 13.2 Å². The minimum Gasteiger partial charge on any atom is -0.493 e. The van der Waals surface area contributed by atoms with Gasteiger partial charge < -0.3 is 18.9 Å². The Bertz CT molecular complexity index is 1130. The number of fused-ring (bicyclic) bond motifs is 3. The first-order chi connectivity index (χ1) is 15.3. The number of methoxy groups -OCH3 is 4. The predicted molar refractivity (Wildman–Crippen MR) is 117 cm³/mol. The number of halogens is 3. The molecule has 7 heteroatoms. The van der Waals surface area contributed by atoms with E-state index in [1.54, 1.807) is 28.4 Å². The summed E-state index contributed by atoms with van der Waals surface area (Å²) in [5.74, 6) is 2.25. The lowest BCUT2D eigenvalue weighted by Gasteiger charge is -2.11. The van der Waals surface area contributed by atoms with Crippen molar-refractivity contribution in [2.75, 3.05) is 28.4 Å². The second kappa shape index (κ2) is 8.15. The summed E-state index contributed by atoms with van der Waals surface area (Å²) in [6.45, 7) is 0. The monoisotopic (exact) mass is 442 g/mol. The highest BCUT2D eigenvalue weighted by Gasteiger charge is 2.31. The van der Waals surface area contributed by atoms with Crippen molar-refractivity contribution in [1.82, 2.24) is 0 Å². The average molecular weight is 442 g/mol. The molecule has 32 heavy (non-hydrogen) atoms. The van der Waals surface area contributed by atoms with Crippen LogP contribution in [-0.4, -0.2) is 28.4 Å². The van der Waals surface area contributed by atoms with Crippen molar-refractivity contribution in [2.45, 2.75) is 6.18 Å². The van der Waals surface area contributed by atoms with E-state index in [1.165, 1.54) is 12.1 Å². The summed E-state index contributed by atoms with van der Waals surface area (Å²) in [4.78, 5) is 0. The maximum absolute atomic E-state index is 13.0. The van der Waals surface area contributed by atoms with Gasteiger partial charge in [-0.1, -0.05) is 12.1 Å². The Morgan fingerprint density at radius 3 is 1.31 bits per heavy atom.